The van der Waals surface area contributed by atoms with Crippen LogP contribution >= 0.6 is 11.6 Å². The molecule has 30 heavy (non-hydrogen) atoms. The fourth-order valence-electron chi connectivity index (χ4n) is 3.61. The first kappa shape index (κ1) is 20.4. The molecule has 0 saturated carbocycles. The number of para-hydroxylation sites is 1. The lowest BCUT2D eigenvalue weighted by Crippen LogP contribution is -2.37. The highest BCUT2D eigenvalue weighted by Gasteiger charge is 2.26. The van der Waals surface area contributed by atoms with E-state index < -0.39 is 0 Å². The first-order valence-electron chi connectivity index (χ1n) is 9.89. The summed E-state index contributed by atoms with van der Waals surface area (Å²) in [6, 6.07) is 16.6. The van der Waals surface area contributed by atoms with E-state index in [2.05, 4.69) is 5.16 Å². The van der Waals surface area contributed by atoms with Gasteiger partial charge in [0.1, 0.15) is 5.75 Å². The first-order valence-corrected chi connectivity index (χ1v) is 10.3. The van der Waals surface area contributed by atoms with Crippen molar-refractivity contribution in [3.63, 3.8) is 0 Å². The van der Waals surface area contributed by atoms with E-state index in [1.807, 2.05) is 36.4 Å². The zero-order chi connectivity index (χ0) is 20.9. The van der Waals surface area contributed by atoms with E-state index in [-0.39, 0.29) is 17.7 Å². The third-order valence-electron chi connectivity index (χ3n) is 5.13. The Labute approximate surface area is 180 Å². The van der Waals surface area contributed by atoms with Crippen molar-refractivity contribution in [2.75, 3.05) is 20.3 Å². The Morgan fingerprint density at radius 1 is 1.23 bits per heavy atom. The molecule has 7 heteroatoms. The number of ether oxygens (including phenoxy) is 2. The van der Waals surface area contributed by atoms with Crippen LogP contribution in [0.1, 0.15) is 28.9 Å². The first-order chi connectivity index (χ1) is 14.6. The molecule has 1 atom stereocenters. The third-order valence-corrected chi connectivity index (χ3v) is 5.36. The zero-order valence-electron chi connectivity index (χ0n) is 16.7. The monoisotopic (exact) mass is 426 g/mol. The van der Waals surface area contributed by atoms with Crippen LogP contribution in [-0.2, 0) is 11.3 Å². The summed E-state index contributed by atoms with van der Waals surface area (Å²) >= 11 is 6.07. The molecule has 6 nitrogen and oxygen atoms in total. The van der Waals surface area contributed by atoms with Crippen LogP contribution in [-0.4, -0.2) is 42.3 Å². The molecule has 2 heterocycles. The normalized spacial score (nSPS) is 15.9. The number of rotatable bonds is 7. The van der Waals surface area contributed by atoms with Gasteiger partial charge in [0, 0.05) is 41.9 Å². The van der Waals surface area contributed by atoms with E-state index >= 15 is 0 Å². The van der Waals surface area contributed by atoms with Gasteiger partial charge in [-0.25, -0.2) is 0 Å². The maximum atomic E-state index is 13.3. The second-order valence-electron chi connectivity index (χ2n) is 7.22. The largest absolute Gasteiger partial charge is 0.496 e. The van der Waals surface area contributed by atoms with Crippen molar-refractivity contribution in [3.8, 4) is 17.1 Å². The molecule has 2 aromatic carbocycles. The van der Waals surface area contributed by atoms with Crippen LogP contribution in [0.4, 0.5) is 0 Å². The predicted molar refractivity (Wildman–Crippen MR) is 114 cm³/mol. The Kier molecular flexibility index (Phi) is 6.35. The Morgan fingerprint density at radius 2 is 2.10 bits per heavy atom. The van der Waals surface area contributed by atoms with E-state index in [1.54, 1.807) is 30.2 Å². The highest BCUT2D eigenvalue weighted by atomic mass is 35.5. The second-order valence-corrected chi connectivity index (χ2v) is 7.66. The Hall–Kier alpha value is -2.83. The van der Waals surface area contributed by atoms with Gasteiger partial charge in [-0.3, -0.25) is 4.79 Å². The maximum Gasteiger partial charge on any atom is 0.276 e. The fourth-order valence-corrected chi connectivity index (χ4v) is 3.80. The van der Waals surface area contributed by atoms with Crippen molar-refractivity contribution in [1.82, 2.24) is 10.1 Å². The molecule has 0 spiro atoms. The van der Waals surface area contributed by atoms with Crippen LogP contribution < -0.4 is 4.74 Å². The Bertz CT molecular complexity index is 1010. The number of benzene rings is 2. The van der Waals surface area contributed by atoms with Gasteiger partial charge in [-0.15, -0.1) is 0 Å². The average Bonchev–Trinajstić information content (AvgIpc) is 3.45. The van der Waals surface area contributed by atoms with E-state index in [4.69, 9.17) is 25.6 Å². The van der Waals surface area contributed by atoms with Crippen molar-refractivity contribution in [3.05, 3.63) is 70.9 Å². The molecule has 0 bridgehead atoms. The number of halogens is 1. The summed E-state index contributed by atoms with van der Waals surface area (Å²) in [4.78, 5) is 15.1. The molecule has 1 aliphatic rings. The van der Waals surface area contributed by atoms with Gasteiger partial charge in [-0.05, 0) is 31.0 Å². The van der Waals surface area contributed by atoms with Crippen LogP contribution in [0.2, 0.25) is 5.02 Å². The second kappa shape index (κ2) is 9.32. The van der Waals surface area contributed by atoms with Crippen LogP contribution in [0, 0.1) is 0 Å². The van der Waals surface area contributed by atoms with E-state index in [9.17, 15) is 4.79 Å². The summed E-state index contributed by atoms with van der Waals surface area (Å²) in [5, 5.41) is 4.61. The minimum atomic E-state index is -0.214. The smallest absolute Gasteiger partial charge is 0.276 e. The Morgan fingerprint density at radius 3 is 2.87 bits per heavy atom. The molecular weight excluding hydrogens is 404 g/mol. The molecule has 0 radical (unpaired) electrons. The highest BCUT2D eigenvalue weighted by molar-refractivity contribution is 6.30. The number of hydrogen-bond donors (Lipinski definition) is 0. The van der Waals surface area contributed by atoms with Crippen LogP contribution in [0.3, 0.4) is 0 Å². The molecule has 1 saturated heterocycles. The molecule has 3 aromatic rings. The summed E-state index contributed by atoms with van der Waals surface area (Å²) < 4.78 is 16.7. The molecule has 1 aromatic heterocycles. The van der Waals surface area contributed by atoms with Crippen molar-refractivity contribution in [2.24, 2.45) is 0 Å². The van der Waals surface area contributed by atoms with Crippen LogP contribution in [0.15, 0.2) is 59.1 Å². The van der Waals surface area contributed by atoms with Gasteiger partial charge in [0.05, 0.1) is 13.2 Å². The van der Waals surface area contributed by atoms with E-state index in [0.29, 0.717) is 23.9 Å². The quantitative estimate of drug-likeness (QED) is 0.541. The Balaban J connectivity index is 1.59. The van der Waals surface area contributed by atoms with Gasteiger partial charge >= 0.3 is 0 Å². The predicted octanol–water partition coefficient (Wildman–Crippen LogP) is 4.83. The summed E-state index contributed by atoms with van der Waals surface area (Å²) in [6.07, 6.45) is 1.95. The third kappa shape index (κ3) is 4.66. The molecule has 1 unspecified atom stereocenters. The number of methoxy groups -OCH3 is 1. The van der Waals surface area contributed by atoms with Gasteiger partial charge in [0.2, 0.25) is 0 Å². The number of nitrogens with zero attached hydrogens (tertiary/aromatic N) is 2. The SMILES string of the molecule is COc1ccccc1CN(CC1CCCO1)C(=O)c1cc(-c2cccc(Cl)c2)on1. The van der Waals surface area contributed by atoms with Gasteiger partial charge in [-0.2, -0.15) is 0 Å². The van der Waals surface area contributed by atoms with Crippen molar-refractivity contribution < 1.29 is 18.8 Å². The number of amides is 1. The molecule has 1 fully saturated rings. The number of carbonyl (C=O) groups excluding carboxylic acids is 1. The number of carbonyl (C=O) groups is 1. The van der Waals surface area contributed by atoms with Gasteiger partial charge in [0.15, 0.2) is 11.5 Å². The minimum Gasteiger partial charge on any atom is -0.496 e. The topological polar surface area (TPSA) is 64.8 Å². The van der Waals surface area contributed by atoms with Crippen molar-refractivity contribution in [2.45, 2.75) is 25.5 Å². The van der Waals surface area contributed by atoms with Gasteiger partial charge < -0.3 is 18.9 Å². The minimum absolute atomic E-state index is 0.0166. The standard InChI is InChI=1S/C23H23ClN2O4/c1-28-21-10-3-2-6-17(21)14-26(15-19-9-5-11-29-19)23(27)20-13-22(30-25-20)16-7-4-8-18(24)12-16/h2-4,6-8,10,12-13,19H,5,9,11,14-15H2,1H3. The number of aromatic nitrogens is 1. The molecule has 1 amide bonds. The number of hydrogen-bond acceptors (Lipinski definition) is 5. The van der Waals surface area contributed by atoms with E-state index in [0.717, 1.165) is 36.3 Å². The summed E-state index contributed by atoms with van der Waals surface area (Å²) in [5.41, 5.74) is 1.94. The summed E-state index contributed by atoms with van der Waals surface area (Å²) in [7, 11) is 1.62. The zero-order valence-corrected chi connectivity index (χ0v) is 17.5. The summed E-state index contributed by atoms with van der Waals surface area (Å²) in [5.74, 6) is 1.02. The van der Waals surface area contributed by atoms with Crippen LogP contribution in [0.5, 0.6) is 5.75 Å². The lowest BCUT2D eigenvalue weighted by atomic mass is 10.1. The van der Waals surface area contributed by atoms with Crippen LogP contribution in [0.25, 0.3) is 11.3 Å². The van der Waals surface area contributed by atoms with E-state index in [1.165, 1.54) is 0 Å². The molecular formula is C23H23ClN2O4. The molecule has 1 aliphatic heterocycles. The highest BCUT2D eigenvalue weighted by Crippen LogP contribution is 2.26. The molecule has 156 valence electrons. The average molecular weight is 427 g/mol. The fraction of sp³-hybridized carbons (Fsp3) is 0.304. The molecule has 0 N–H and O–H groups in total. The van der Waals surface area contributed by atoms with Crippen molar-refractivity contribution >= 4 is 17.5 Å². The van der Waals surface area contributed by atoms with Gasteiger partial charge in [-0.1, -0.05) is 47.1 Å². The van der Waals surface area contributed by atoms with Gasteiger partial charge in [0.25, 0.3) is 5.91 Å². The molecule has 4 rings (SSSR count). The maximum absolute atomic E-state index is 13.3. The lowest BCUT2D eigenvalue weighted by Gasteiger charge is -2.25. The summed E-state index contributed by atoms with van der Waals surface area (Å²) in [6.45, 7) is 1.60. The van der Waals surface area contributed by atoms with Crippen molar-refractivity contribution in [1.29, 1.82) is 0 Å². The molecule has 0 aliphatic carbocycles. The lowest BCUT2D eigenvalue weighted by molar-refractivity contribution is 0.0498.